The van der Waals surface area contributed by atoms with E-state index in [1.807, 2.05) is 34.1 Å². The number of halogens is 1. The summed E-state index contributed by atoms with van der Waals surface area (Å²) in [7, 11) is 0. The summed E-state index contributed by atoms with van der Waals surface area (Å²) in [4.78, 5) is 29.5. The van der Waals surface area contributed by atoms with Crippen molar-refractivity contribution in [3.05, 3.63) is 53.6 Å². The van der Waals surface area contributed by atoms with Crippen LogP contribution in [0.1, 0.15) is 26.2 Å². The van der Waals surface area contributed by atoms with E-state index in [1.165, 1.54) is 0 Å². The van der Waals surface area contributed by atoms with Gasteiger partial charge < -0.3 is 15.0 Å². The summed E-state index contributed by atoms with van der Waals surface area (Å²) < 4.78 is 5.99. The van der Waals surface area contributed by atoms with E-state index in [-0.39, 0.29) is 24.0 Å². The van der Waals surface area contributed by atoms with Crippen molar-refractivity contribution in [1.29, 1.82) is 0 Å². The maximum absolute atomic E-state index is 13.3. The number of carbonyl (C=O) groups excluding carboxylic acids is 2. The number of rotatable bonds is 3. The van der Waals surface area contributed by atoms with Gasteiger partial charge in [-0.1, -0.05) is 30.7 Å². The van der Waals surface area contributed by atoms with Crippen LogP contribution >= 0.6 is 11.6 Å². The van der Waals surface area contributed by atoms with Crippen LogP contribution in [0.25, 0.3) is 0 Å². The normalized spacial score (nSPS) is 19.1. The third kappa shape index (κ3) is 4.38. The van der Waals surface area contributed by atoms with E-state index in [0.29, 0.717) is 37.5 Å². The lowest BCUT2D eigenvalue weighted by Crippen LogP contribution is -2.52. The number of amides is 3. The number of likely N-dealkylation sites (tertiary alicyclic amines) is 1. The van der Waals surface area contributed by atoms with Crippen molar-refractivity contribution in [3.8, 4) is 5.75 Å². The fraction of sp³-hybridized carbons (Fsp3) is 0.391. The number of para-hydroxylation sites is 2. The summed E-state index contributed by atoms with van der Waals surface area (Å²) in [5.74, 6) is 0.637. The zero-order chi connectivity index (χ0) is 21.1. The number of ether oxygens (including phenoxy) is 1. The highest BCUT2D eigenvalue weighted by molar-refractivity contribution is 6.30. The molecule has 2 aliphatic rings. The minimum Gasteiger partial charge on any atom is -0.486 e. The lowest BCUT2D eigenvalue weighted by Gasteiger charge is -2.39. The van der Waals surface area contributed by atoms with Crippen molar-refractivity contribution in [2.45, 2.75) is 32.3 Å². The summed E-state index contributed by atoms with van der Waals surface area (Å²) >= 11 is 5.89. The van der Waals surface area contributed by atoms with Gasteiger partial charge in [0.2, 0.25) is 5.91 Å². The van der Waals surface area contributed by atoms with Crippen molar-refractivity contribution in [1.82, 2.24) is 4.90 Å². The van der Waals surface area contributed by atoms with Gasteiger partial charge in [0, 0.05) is 29.7 Å². The average Bonchev–Trinajstić information content (AvgIpc) is 2.79. The van der Waals surface area contributed by atoms with Gasteiger partial charge in [-0.05, 0) is 55.7 Å². The molecule has 4 rings (SSSR count). The molecule has 158 valence electrons. The van der Waals surface area contributed by atoms with Crippen LogP contribution in [0.3, 0.4) is 0 Å². The molecular weight excluding hydrogens is 402 g/mol. The first-order chi connectivity index (χ1) is 14.5. The van der Waals surface area contributed by atoms with Gasteiger partial charge in [0.15, 0.2) is 0 Å². The number of anilines is 2. The first kappa shape index (κ1) is 20.5. The summed E-state index contributed by atoms with van der Waals surface area (Å²) in [6.45, 7) is 3.73. The van der Waals surface area contributed by atoms with E-state index >= 15 is 0 Å². The molecule has 1 fully saturated rings. The van der Waals surface area contributed by atoms with Crippen molar-refractivity contribution < 1.29 is 14.3 Å². The minimum absolute atomic E-state index is 0.00723. The predicted octanol–water partition coefficient (Wildman–Crippen LogP) is 4.79. The molecule has 0 radical (unpaired) electrons. The van der Waals surface area contributed by atoms with Gasteiger partial charge in [0.05, 0.1) is 12.2 Å². The SMILES string of the molecule is CCC1CN(C(=O)N2CCC(C(=O)Nc3ccc(Cl)cc3)CC2)c2ccccc2O1. The van der Waals surface area contributed by atoms with Crippen LogP contribution in [0.2, 0.25) is 5.02 Å². The van der Waals surface area contributed by atoms with Gasteiger partial charge in [-0.2, -0.15) is 0 Å². The van der Waals surface area contributed by atoms with Crippen LogP contribution in [0.4, 0.5) is 16.2 Å². The maximum Gasteiger partial charge on any atom is 0.324 e. The molecule has 1 saturated heterocycles. The molecule has 3 amide bonds. The Balaban J connectivity index is 1.37. The largest absolute Gasteiger partial charge is 0.486 e. The molecule has 6 nitrogen and oxygen atoms in total. The Hall–Kier alpha value is -2.73. The van der Waals surface area contributed by atoms with Crippen LogP contribution in [0.5, 0.6) is 5.75 Å². The molecule has 2 heterocycles. The zero-order valence-electron chi connectivity index (χ0n) is 17.0. The van der Waals surface area contributed by atoms with Crippen molar-refractivity contribution in [2.75, 3.05) is 29.9 Å². The van der Waals surface area contributed by atoms with Crippen LogP contribution in [-0.4, -0.2) is 42.6 Å². The van der Waals surface area contributed by atoms with E-state index in [0.717, 1.165) is 23.5 Å². The van der Waals surface area contributed by atoms with Crippen LogP contribution < -0.4 is 15.0 Å². The van der Waals surface area contributed by atoms with E-state index in [9.17, 15) is 9.59 Å². The van der Waals surface area contributed by atoms with Gasteiger partial charge in [0.25, 0.3) is 0 Å². The van der Waals surface area contributed by atoms with Crippen molar-refractivity contribution in [3.63, 3.8) is 0 Å². The van der Waals surface area contributed by atoms with E-state index in [2.05, 4.69) is 12.2 Å². The summed E-state index contributed by atoms with van der Waals surface area (Å²) in [6.07, 6.45) is 2.12. The second kappa shape index (κ2) is 8.96. The lowest BCUT2D eigenvalue weighted by atomic mass is 9.96. The number of hydrogen-bond donors (Lipinski definition) is 1. The Labute approximate surface area is 181 Å². The minimum atomic E-state index is -0.106. The van der Waals surface area contributed by atoms with Gasteiger partial charge in [0.1, 0.15) is 11.9 Å². The Kier molecular flexibility index (Phi) is 6.13. The number of fused-ring (bicyclic) bond motifs is 1. The maximum atomic E-state index is 13.3. The van der Waals surface area contributed by atoms with E-state index in [1.54, 1.807) is 24.3 Å². The number of benzene rings is 2. The highest BCUT2D eigenvalue weighted by Crippen LogP contribution is 2.35. The number of urea groups is 1. The molecule has 1 atom stereocenters. The molecule has 2 aliphatic heterocycles. The van der Waals surface area contributed by atoms with Crippen molar-refractivity contribution >= 4 is 34.9 Å². The van der Waals surface area contributed by atoms with E-state index < -0.39 is 0 Å². The molecule has 0 bridgehead atoms. The molecule has 1 N–H and O–H groups in total. The van der Waals surface area contributed by atoms with Gasteiger partial charge >= 0.3 is 6.03 Å². The second-order valence-corrected chi connectivity index (χ2v) is 8.20. The third-order valence-electron chi connectivity index (χ3n) is 5.77. The lowest BCUT2D eigenvalue weighted by molar-refractivity contribution is -0.121. The van der Waals surface area contributed by atoms with Crippen LogP contribution in [0.15, 0.2) is 48.5 Å². The molecule has 0 saturated carbocycles. The fourth-order valence-electron chi connectivity index (χ4n) is 3.97. The van der Waals surface area contributed by atoms with E-state index in [4.69, 9.17) is 16.3 Å². The molecule has 7 heteroatoms. The molecule has 0 aromatic heterocycles. The molecule has 30 heavy (non-hydrogen) atoms. The highest BCUT2D eigenvalue weighted by Gasteiger charge is 2.34. The number of nitrogens with one attached hydrogen (secondary N) is 1. The Morgan fingerprint density at radius 2 is 1.80 bits per heavy atom. The predicted molar refractivity (Wildman–Crippen MR) is 118 cm³/mol. The molecule has 2 aromatic rings. The Morgan fingerprint density at radius 3 is 2.50 bits per heavy atom. The average molecular weight is 428 g/mol. The molecule has 0 aliphatic carbocycles. The highest BCUT2D eigenvalue weighted by atomic mass is 35.5. The Morgan fingerprint density at radius 1 is 1.10 bits per heavy atom. The monoisotopic (exact) mass is 427 g/mol. The first-order valence-corrected chi connectivity index (χ1v) is 10.8. The fourth-order valence-corrected chi connectivity index (χ4v) is 4.10. The number of hydrogen-bond acceptors (Lipinski definition) is 3. The molecular formula is C23H26ClN3O3. The summed E-state index contributed by atoms with van der Waals surface area (Å²) in [5.41, 5.74) is 1.55. The summed E-state index contributed by atoms with van der Waals surface area (Å²) in [6, 6.07) is 14.7. The second-order valence-electron chi connectivity index (χ2n) is 7.77. The topological polar surface area (TPSA) is 61.9 Å². The molecule has 2 aromatic carbocycles. The van der Waals surface area contributed by atoms with Gasteiger partial charge in [-0.15, -0.1) is 0 Å². The number of carbonyl (C=O) groups is 2. The number of piperidine rings is 1. The van der Waals surface area contributed by atoms with Gasteiger partial charge in [-0.3, -0.25) is 9.69 Å². The number of nitrogens with zero attached hydrogens (tertiary/aromatic N) is 2. The molecule has 1 unspecified atom stereocenters. The van der Waals surface area contributed by atoms with Crippen molar-refractivity contribution in [2.24, 2.45) is 5.92 Å². The Bertz CT molecular complexity index is 910. The van der Waals surface area contributed by atoms with Gasteiger partial charge in [-0.25, -0.2) is 4.79 Å². The first-order valence-electron chi connectivity index (χ1n) is 10.4. The third-order valence-corrected chi connectivity index (χ3v) is 6.02. The standard InChI is InChI=1S/C23H26ClN3O3/c1-2-19-15-27(20-5-3-4-6-21(20)30-19)23(29)26-13-11-16(12-14-26)22(28)25-18-9-7-17(24)8-10-18/h3-10,16,19H,2,11-15H2,1H3,(H,25,28). The molecule has 0 spiro atoms. The van der Waals surface area contributed by atoms with Crippen LogP contribution in [0, 0.1) is 5.92 Å². The smallest absolute Gasteiger partial charge is 0.324 e. The summed E-state index contributed by atoms with van der Waals surface area (Å²) in [5, 5.41) is 3.58. The van der Waals surface area contributed by atoms with Crippen LogP contribution in [-0.2, 0) is 4.79 Å². The zero-order valence-corrected chi connectivity index (χ0v) is 17.8. The quantitative estimate of drug-likeness (QED) is 0.766.